The Morgan fingerprint density at radius 2 is 2.29 bits per heavy atom. The molecule has 1 aromatic carbocycles. The van der Waals surface area contributed by atoms with Crippen LogP contribution in [-0.4, -0.2) is 17.3 Å². The Morgan fingerprint density at radius 1 is 1.53 bits per heavy atom. The molecule has 1 aliphatic rings. The fraction of sp³-hybridized carbons (Fsp3) is 0.462. The van der Waals surface area contributed by atoms with E-state index in [4.69, 9.17) is 20.8 Å². The third-order valence-electron chi connectivity index (χ3n) is 3.07. The van der Waals surface area contributed by atoms with E-state index in [9.17, 15) is 0 Å². The lowest BCUT2D eigenvalue weighted by Gasteiger charge is -2.21. The van der Waals surface area contributed by atoms with E-state index in [2.05, 4.69) is 6.07 Å². The topological polar surface area (TPSA) is 79.3 Å². The van der Waals surface area contributed by atoms with Crippen molar-refractivity contribution >= 4 is 0 Å². The lowest BCUT2D eigenvalue weighted by atomic mass is 9.98. The van der Waals surface area contributed by atoms with Gasteiger partial charge in [-0.15, -0.1) is 0 Å². The van der Waals surface area contributed by atoms with Crippen molar-refractivity contribution in [2.75, 3.05) is 6.61 Å². The zero-order chi connectivity index (χ0) is 12.3. The van der Waals surface area contributed by atoms with Gasteiger partial charge in [0.15, 0.2) is 0 Å². The Bertz CT molecular complexity index is 437. The van der Waals surface area contributed by atoms with Crippen molar-refractivity contribution in [2.24, 2.45) is 11.7 Å². The maximum atomic E-state index is 9.08. The smallest absolute Gasteiger partial charge is 0.141 e. The Morgan fingerprint density at radius 3 is 2.88 bits per heavy atom. The van der Waals surface area contributed by atoms with Crippen LogP contribution in [0.25, 0.3) is 0 Å². The molecule has 1 fully saturated rings. The Hall–Kier alpha value is -1.57. The van der Waals surface area contributed by atoms with Gasteiger partial charge in [-0.3, -0.25) is 0 Å². The molecule has 0 heterocycles. The molecule has 2 rings (SSSR count). The number of hydrogen-bond acceptors (Lipinski definition) is 4. The highest BCUT2D eigenvalue weighted by Crippen LogP contribution is 2.38. The first kappa shape index (κ1) is 11.9. The van der Waals surface area contributed by atoms with Crippen molar-refractivity contribution in [1.82, 2.24) is 0 Å². The van der Waals surface area contributed by atoms with Gasteiger partial charge in [-0.05, 0) is 36.5 Å². The van der Waals surface area contributed by atoms with Gasteiger partial charge in [0.2, 0.25) is 0 Å². The SMILES string of the molecule is N#CC(N)(COc1cccc(CO)c1)C1CC1. The molecule has 0 bridgehead atoms. The van der Waals surface area contributed by atoms with Crippen LogP contribution in [0.3, 0.4) is 0 Å². The predicted molar refractivity (Wildman–Crippen MR) is 63.1 cm³/mol. The van der Waals surface area contributed by atoms with Gasteiger partial charge < -0.3 is 15.6 Å². The zero-order valence-corrected chi connectivity index (χ0v) is 9.60. The van der Waals surface area contributed by atoms with E-state index in [1.54, 1.807) is 12.1 Å². The number of aliphatic hydroxyl groups is 1. The van der Waals surface area contributed by atoms with Crippen molar-refractivity contribution in [3.8, 4) is 11.8 Å². The molecule has 0 radical (unpaired) electrons. The monoisotopic (exact) mass is 232 g/mol. The molecule has 0 saturated heterocycles. The summed E-state index contributed by atoms with van der Waals surface area (Å²) in [5.74, 6) is 0.899. The standard InChI is InChI=1S/C13H16N2O2/c14-8-13(15,11-4-5-11)9-17-12-3-1-2-10(6-12)7-16/h1-3,6,11,16H,4-5,7,9,15H2. The van der Waals surface area contributed by atoms with Crippen LogP contribution in [0.15, 0.2) is 24.3 Å². The molecular weight excluding hydrogens is 216 g/mol. The quantitative estimate of drug-likeness (QED) is 0.799. The van der Waals surface area contributed by atoms with Crippen molar-refractivity contribution < 1.29 is 9.84 Å². The van der Waals surface area contributed by atoms with E-state index in [0.29, 0.717) is 5.75 Å². The Labute approximate surface area is 101 Å². The second-order valence-corrected chi connectivity index (χ2v) is 4.52. The van der Waals surface area contributed by atoms with Gasteiger partial charge in [0.05, 0.1) is 12.7 Å². The lowest BCUT2D eigenvalue weighted by Crippen LogP contribution is -2.46. The first-order valence-electron chi connectivity index (χ1n) is 5.70. The van der Waals surface area contributed by atoms with Crippen molar-refractivity contribution in [2.45, 2.75) is 25.0 Å². The highest BCUT2D eigenvalue weighted by atomic mass is 16.5. The van der Waals surface area contributed by atoms with Gasteiger partial charge >= 0.3 is 0 Å². The van der Waals surface area contributed by atoms with Crippen LogP contribution in [0, 0.1) is 17.2 Å². The van der Waals surface area contributed by atoms with E-state index in [0.717, 1.165) is 18.4 Å². The van der Waals surface area contributed by atoms with E-state index < -0.39 is 5.54 Å². The van der Waals surface area contributed by atoms with Crippen LogP contribution in [0.4, 0.5) is 0 Å². The first-order chi connectivity index (χ1) is 8.18. The molecule has 0 amide bonds. The summed E-state index contributed by atoms with van der Waals surface area (Å²) >= 11 is 0. The number of nitrogens with zero attached hydrogens (tertiary/aromatic N) is 1. The van der Waals surface area contributed by atoms with Crippen molar-refractivity contribution in [3.63, 3.8) is 0 Å². The number of benzene rings is 1. The molecule has 4 nitrogen and oxygen atoms in total. The largest absolute Gasteiger partial charge is 0.491 e. The van der Waals surface area contributed by atoms with Crippen LogP contribution in [0.1, 0.15) is 18.4 Å². The fourth-order valence-corrected chi connectivity index (χ4v) is 1.78. The van der Waals surface area contributed by atoms with Crippen LogP contribution < -0.4 is 10.5 Å². The third kappa shape index (κ3) is 2.76. The number of nitrogens with two attached hydrogens (primary N) is 1. The molecule has 1 aromatic rings. The minimum Gasteiger partial charge on any atom is -0.491 e. The Kier molecular flexibility index (Phi) is 3.32. The fourth-order valence-electron chi connectivity index (χ4n) is 1.78. The van der Waals surface area contributed by atoms with E-state index in [1.807, 2.05) is 12.1 Å². The molecule has 0 aromatic heterocycles. The van der Waals surface area contributed by atoms with Crippen LogP contribution in [0.5, 0.6) is 5.75 Å². The van der Waals surface area contributed by atoms with Gasteiger partial charge in [0.1, 0.15) is 17.9 Å². The van der Waals surface area contributed by atoms with Gasteiger partial charge in [-0.1, -0.05) is 12.1 Å². The van der Waals surface area contributed by atoms with Crippen LogP contribution in [-0.2, 0) is 6.61 Å². The van der Waals surface area contributed by atoms with Crippen LogP contribution >= 0.6 is 0 Å². The first-order valence-corrected chi connectivity index (χ1v) is 5.70. The average molecular weight is 232 g/mol. The third-order valence-corrected chi connectivity index (χ3v) is 3.07. The summed E-state index contributed by atoms with van der Waals surface area (Å²) < 4.78 is 5.55. The second kappa shape index (κ2) is 4.74. The molecule has 1 atom stereocenters. The molecule has 1 saturated carbocycles. The molecule has 3 N–H and O–H groups in total. The van der Waals surface area contributed by atoms with Crippen molar-refractivity contribution in [1.29, 1.82) is 5.26 Å². The summed E-state index contributed by atoms with van der Waals surface area (Å²) in [6, 6.07) is 9.31. The van der Waals surface area contributed by atoms with E-state index in [1.165, 1.54) is 0 Å². The second-order valence-electron chi connectivity index (χ2n) is 4.52. The summed E-state index contributed by atoms with van der Waals surface area (Å²) in [5.41, 5.74) is 5.89. The van der Waals surface area contributed by atoms with Crippen molar-refractivity contribution in [3.05, 3.63) is 29.8 Å². The highest BCUT2D eigenvalue weighted by molar-refractivity contribution is 5.28. The molecule has 90 valence electrons. The normalized spacial score (nSPS) is 18.2. The molecule has 0 spiro atoms. The van der Waals surface area contributed by atoms with Gasteiger partial charge in [0.25, 0.3) is 0 Å². The maximum absolute atomic E-state index is 9.08. The summed E-state index contributed by atoms with van der Waals surface area (Å²) in [7, 11) is 0. The number of aliphatic hydroxyl groups excluding tert-OH is 1. The van der Waals surface area contributed by atoms with E-state index >= 15 is 0 Å². The number of ether oxygens (including phenoxy) is 1. The minimum atomic E-state index is -0.880. The van der Waals surface area contributed by atoms with Crippen LogP contribution in [0.2, 0.25) is 0 Å². The Balaban J connectivity index is 1.99. The summed E-state index contributed by atoms with van der Waals surface area (Å²) in [6.45, 7) is 0.175. The predicted octanol–water partition coefficient (Wildman–Crippen LogP) is 1.19. The van der Waals surface area contributed by atoms with Gasteiger partial charge in [-0.2, -0.15) is 5.26 Å². The average Bonchev–Trinajstić information content (AvgIpc) is 3.21. The minimum absolute atomic E-state index is 0.0220. The zero-order valence-electron chi connectivity index (χ0n) is 9.60. The lowest BCUT2D eigenvalue weighted by molar-refractivity contribution is 0.235. The summed E-state index contributed by atoms with van der Waals surface area (Å²) in [6.07, 6.45) is 2.01. The van der Waals surface area contributed by atoms with E-state index in [-0.39, 0.29) is 19.1 Å². The summed E-state index contributed by atoms with van der Waals surface area (Å²) in [4.78, 5) is 0. The molecule has 1 unspecified atom stereocenters. The highest BCUT2D eigenvalue weighted by Gasteiger charge is 2.43. The molecule has 17 heavy (non-hydrogen) atoms. The molecule has 1 aliphatic carbocycles. The van der Waals surface area contributed by atoms with Gasteiger partial charge in [-0.25, -0.2) is 0 Å². The molecule has 4 heteroatoms. The number of rotatable bonds is 5. The molecular formula is C13H16N2O2. The maximum Gasteiger partial charge on any atom is 0.141 e. The summed E-state index contributed by atoms with van der Waals surface area (Å²) in [5, 5.41) is 18.1. The number of hydrogen-bond donors (Lipinski definition) is 2. The van der Waals surface area contributed by atoms with Gasteiger partial charge in [0, 0.05) is 0 Å². The number of nitriles is 1. The molecule has 0 aliphatic heterocycles.